The van der Waals surface area contributed by atoms with Crippen LogP contribution in [-0.2, 0) is 4.79 Å². The molecular formula is C10H12O3S. The van der Waals surface area contributed by atoms with Crippen molar-refractivity contribution in [1.82, 2.24) is 0 Å². The maximum atomic E-state index is 10.5. The van der Waals surface area contributed by atoms with Gasteiger partial charge in [0.15, 0.2) is 6.10 Å². The summed E-state index contributed by atoms with van der Waals surface area (Å²) in [5.41, 5.74) is 1.06. The first-order chi connectivity index (χ1) is 6.50. The average molecular weight is 212 g/mol. The molecule has 76 valence electrons. The van der Waals surface area contributed by atoms with Crippen molar-refractivity contribution in [1.29, 1.82) is 0 Å². The van der Waals surface area contributed by atoms with E-state index in [4.69, 9.17) is 9.84 Å². The van der Waals surface area contributed by atoms with E-state index in [0.717, 1.165) is 5.56 Å². The lowest BCUT2D eigenvalue weighted by molar-refractivity contribution is -0.144. The highest BCUT2D eigenvalue weighted by Gasteiger charge is 2.13. The summed E-state index contributed by atoms with van der Waals surface area (Å²) in [7, 11) is 0. The van der Waals surface area contributed by atoms with Crippen LogP contribution in [0.25, 0.3) is 0 Å². The lowest BCUT2D eigenvalue weighted by Gasteiger charge is -2.12. The molecule has 0 bridgehead atoms. The normalized spacial score (nSPS) is 12.2. The van der Waals surface area contributed by atoms with Crippen LogP contribution >= 0.6 is 12.6 Å². The van der Waals surface area contributed by atoms with Gasteiger partial charge in [-0.15, -0.1) is 12.6 Å². The largest absolute Gasteiger partial charge is 0.479 e. The fraction of sp³-hybridized carbons (Fsp3) is 0.300. The van der Waals surface area contributed by atoms with Gasteiger partial charge in [-0.05, 0) is 31.5 Å². The molecule has 0 saturated heterocycles. The molecule has 1 rings (SSSR count). The third kappa shape index (κ3) is 2.67. The molecule has 1 atom stereocenters. The Morgan fingerprint density at radius 2 is 2.21 bits per heavy atom. The minimum Gasteiger partial charge on any atom is -0.479 e. The fourth-order valence-electron chi connectivity index (χ4n) is 0.968. The first-order valence-corrected chi connectivity index (χ1v) is 4.64. The number of rotatable bonds is 3. The van der Waals surface area contributed by atoms with Gasteiger partial charge in [0.05, 0.1) is 0 Å². The molecule has 4 heteroatoms. The van der Waals surface area contributed by atoms with Crippen LogP contribution in [0.15, 0.2) is 23.1 Å². The Bertz CT molecular complexity index is 349. The van der Waals surface area contributed by atoms with Crippen molar-refractivity contribution in [2.75, 3.05) is 0 Å². The van der Waals surface area contributed by atoms with Gasteiger partial charge in [-0.2, -0.15) is 0 Å². The molecule has 0 radical (unpaired) electrons. The van der Waals surface area contributed by atoms with Gasteiger partial charge in [-0.3, -0.25) is 0 Å². The number of hydrogen-bond acceptors (Lipinski definition) is 3. The molecule has 0 aliphatic carbocycles. The number of thiol groups is 1. The highest BCUT2D eigenvalue weighted by Crippen LogP contribution is 2.24. The van der Waals surface area contributed by atoms with Crippen LogP contribution in [0.5, 0.6) is 5.75 Å². The van der Waals surface area contributed by atoms with Crippen molar-refractivity contribution in [3.05, 3.63) is 23.8 Å². The molecule has 1 aromatic carbocycles. The highest BCUT2D eigenvalue weighted by molar-refractivity contribution is 7.80. The lowest BCUT2D eigenvalue weighted by Crippen LogP contribution is -2.23. The van der Waals surface area contributed by atoms with Crippen molar-refractivity contribution < 1.29 is 14.6 Å². The predicted molar refractivity (Wildman–Crippen MR) is 56.2 cm³/mol. The molecule has 0 aromatic heterocycles. The lowest BCUT2D eigenvalue weighted by atomic mass is 10.2. The molecule has 0 heterocycles. The van der Waals surface area contributed by atoms with Gasteiger partial charge in [0.25, 0.3) is 0 Å². The van der Waals surface area contributed by atoms with Crippen LogP contribution in [0, 0.1) is 6.92 Å². The fourth-order valence-corrected chi connectivity index (χ4v) is 1.30. The predicted octanol–water partition coefficient (Wildman–Crippen LogP) is 2.14. The Morgan fingerprint density at radius 1 is 1.57 bits per heavy atom. The van der Waals surface area contributed by atoms with Crippen molar-refractivity contribution in [2.24, 2.45) is 0 Å². The van der Waals surface area contributed by atoms with Crippen LogP contribution < -0.4 is 4.74 Å². The molecule has 1 aromatic rings. The van der Waals surface area contributed by atoms with Gasteiger partial charge in [-0.25, -0.2) is 4.79 Å². The third-order valence-electron chi connectivity index (χ3n) is 1.77. The van der Waals surface area contributed by atoms with Crippen LogP contribution in [-0.4, -0.2) is 17.2 Å². The van der Waals surface area contributed by atoms with E-state index >= 15 is 0 Å². The second-order valence-corrected chi connectivity index (χ2v) is 3.55. The minimum atomic E-state index is -0.988. The topological polar surface area (TPSA) is 46.5 Å². The van der Waals surface area contributed by atoms with Crippen molar-refractivity contribution in [3.63, 3.8) is 0 Å². The SMILES string of the molecule is Cc1ccc(O[C@@H](C)C(=O)O)c(S)c1. The number of carbonyl (C=O) groups is 1. The molecule has 1 N–H and O–H groups in total. The van der Waals surface area contributed by atoms with Gasteiger partial charge >= 0.3 is 5.97 Å². The van der Waals surface area contributed by atoms with E-state index in [1.54, 1.807) is 6.07 Å². The summed E-state index contributed by atoms with van der Waals surface area (Å²) in [5, 5.41) is 8.64. The Labute approximate surface area is 88.1 Å². The first-order valence-electron chi connectivity index (χ1n) is 4.20. The van der Waals surface area contributed by atoms with Crippen molar-refractivity contribution in [2.45, 2.75) is 24.8 Å². The average Bonchev–Trinajstić information content (AvgIpc) is 2.09. The van der Waals surface area contributed by atoms with E-state index in [0.29, 0.717) is 10.6 Å². The van der Waals surface area contributed by atoms with Gasteiger partial charge in [0.1, 0.15) is 5.75 Å². The number of benzene rings is 1. The molecule has 0 aliphatic heterocycles. The minimum absolute atomic E-state index is 0.494. The number of carboxylic acid groups (broad SMARTS) is 1. The summed E-state index contributed by atoms with van der Waals surface area (Å²) in [6.45, 7) is 3.42. The zero-order valence-corrected chi connectivity index (χ0v) is 8.91. The van der Waals surface area contributed by atoms with Crippen LogP contribution in [0.2, 0.25) is 0 Å². The zero-order valence-electron chi connectivity index (χ0n) is 8.02. The smallest absolute Gasteiger partial charge is 0.344 e. The monoisotopic (exact) mass is 212 g/mol. The van der Waals surface area contributed by atoms with Crippen LogP contribution in [0.3, 0.4) is 0 Å². The molecule has 3 nitrogen and oxygen atoms in total. The summed E-state index contributed by atoms with van der Waals surface area (Å²) in [5.74, 6) is -0.493. The quantitative estimate of drug-likeness (QED) is 0.754. The molecule has 0 fully saturated rings. The molecule has 0 aliphatic rings. The second kappa shape index (κ2) is 4.37. The molecular weight excluding hydrogens is 200 g/mol. The van der Waals surface area contributed by atoms with E-state index in [9.17, 15) is 4.79 Å². The van der Waals surface area contributed by atoms with E-state index in [2.05, 4.69) is 12.6 Å². The van der Waals surface area contributed by atoms with Crippen molar-refractivity contribution >= 4 is 18.6 Å². The number of hydrogen-bond donors (Lipinski definition) is 2. The Balaban J connectivity index is 2.82. The van der Waals surface area contributed by atoms with E-state index in [1.807, 2.05) is 19.1 Å². The number of aliphatic carboxylic acids is 1. The van der Waals surface area contributed by atoms with Crippen LogP contribution in [0.1, 0.15) is 12.5 Å². The van der Waals surface area contributed by atoms with Crippen molar-refractivity contribution in [3.8, 4) is 5.75 Å². The Kier molecular flexibility index (Phi) is 3.41. The van der Waals surface area contributed by atoms with Crippen LogP contribution in [0.4, 0.5) is 0 Å². The van der Waals surface area contributed by atoms with Gasteiger partial charge < -0.3 is 9.84 Å². The number of carboxylic acids is 1. The third-order valence-corrected chi connectivity index (χ3v) is 2.12. The molecule has 0 amide bonds. The molecule has 0 unspecified atom stereocenters. The maximum Gasteiger partial charge on any atom is 0.344 e. The summed E-state index contributed by atoms with van der Waals surface area (Å²) in [6, 6.07) is 5.40. The van der Waals surface area contributed by atoms with Gasteiger partial charge in [0, 0.05) is 4.90 Å². The van der Waals surface area contributed by atoms with Gasteiger partial charge in [-0.1, -0.05) is 6.07 Å². The first kappa shape index (κ1) is 10.9. The molecule has 0 spiro atoms. The highest BCUT2D eigenvalue weighted by atomic mass is 32.1. The van der Waals surface area contributed by atoms with E-state index in [-0.39, 0.29) is 0 Å². The van der Waals surface area contributed by atoms with E-state index in [1.165, 1.54) is 6.92 Å². The molecule has 14 heavy (non-hydrogen) atoms. The maximum absolute atomic E-state index is 10.5. The molecule has 0 saturated carbocycles. The summed E-state index contributed by atoms with van der Waals surface area (Å²) >= 11 is 4.19. The Morgan fingerprint density at radius 3 is 2.71 bits per heavy atom. The zero-order chi connectivity index (χ0) is 10.7. The number of ether oxygens (including phenoxy) is 1. The number of aryl methyl sites for hydroxylation is 1. The van der Waals surface area contributed by atoms with Gasteiger partial charge in [0.2, 0.25) is 0 Å². The Hall–Kier alpha value is -1.16. The van der Waals surface area contributed by atoms with E-state index < -0.39 is 12.1 Å². The summed E-state index contributed by atoms with van der Waals surface area (Å²) in [4.78, 5) is 11.2. The summed E-state index contributed by atoms with van der Waals surface area (Å²) < 4.78 is 5.19. The summed E-state index contributed by atoms with van der Waals surface area (Å²) in [6.07, 6.45) is -0.858. The second-order valence-electron chi connectivity index (χ2n) is 3.07. The standard InChI is InChI=1S/C10H12O3S/c1-6-3-4-8(9(14)5-6)13-7(2)10(11)12/h3-5,7,14H,1-2H3,(H,11,12)/t7-/m0/s1.